The molecule has 0 rings (SSSR count). The van der Waals surface area contributed by atoms with Gasteiger partial charge in [0.1, 0.15) is 13.2 Å². The average Bonchev–Trinajstić information content (AvgIpc) is 3.38. The van der Waals surface area contributed by atoms with E-state index in [-0.39, 0.29) is 31.1 Å². The average molecular weight is 998 g/mol. The van der Waals surface area contributed by atoms with Gasteiger partial charge in [-0.05, 0) is 89.9 Å². The Morgan fingerprint density at radius 1 is 0.292 bits per heavy atom. The predicted octanol–water partition coefficient (Wildman–Crippen LogP) is 20.0. The first-order valence-electron chi connectivity index (χ1n) is 29.7. The number of esters is 3. The Balaban J connectivity index is 4.51. The Morgan fingerprint density at radius 2 is 0.556 bits per heavy atom. The minimum atomic E-state index is -0.807. The number of hydrogen-bond donors (Lipinski definition) is 0. The molecule has 1 unspecified atom stereocenters. The lowest BCUT2D eigenvalue weighted by Crippen LogP contribution is -2.30. The van der Waals surface area contributed by atoms with Gasteiger partial charge < -0.3 is 14.2 Å². The van der Waals surface area contributed by atoms with E-state index in [0.29, 0.717) is 19.3 Å². The van der Waals surface area contributed by atoms with Crippen LogP contribution in [0, 0.1) is 0 Å². The second kappa shape index (κ2) is 59.4. The summed E-state index contributed by atoms with van der Waals surface area (Å²) in [5, 5.41) is 0. The van der Waals surface area contributed by atoms with Gasteiger partial charge in [0.25, 0.3) is 0 Å². The molecule has 0 fully saturated rings. The fraction of sp³-hybridized carbons (Fsp3) is 0.652. The van der Waals surface area contributed by atoms with Crippen molar-refractivity contribution >= 4 is 17.9 Å². The number of rotatable bonds is 52. The van der Waals surface area contributed by atoms with Crippen LogP contribution in [0.2, 0.25) is 0 Å². The van der Waals surface area contributed by atoms with Gasteiger partial charge in [0, 0.05) is 19.3 Å². The van der Waals surface area contributed by atoms with Crippen molar-refractivity contribution in [1.29, 1.82) is 0 Å². The van der Waals surface area contributed by atoms with Crippen molar-refractivity contribution in [2.75, 3.05) is 13.2 Å². The van der Waals surface area contributed by atoms with E-state index in [4.69, 9.17) is 14.2 Å². The summed E-state index contributed by atoms with van der Waals surface area (Å²) in [6, 6.07) is 0. The molecule has 6 nitrogen and oxygen atoms in total. The van der Waals surface area contributed by atoms with Gasteiger partial charge in [-0.3, -0.25) is 14.4 Å². The Morgan fingerprint density at radius 3 is 0.944 bits per heavy atom. The number of hydrogen-bond acceptors (Lipinski definition) is 6. The standard InChI is InChI=1S/C66H108O6/c1-4-7-10-13-16-19-22-25-28-31-33-35-38-41-44-47-50-53-56-59-65(68)71-62-63(61-70-64(67)58-55-52-49-46-43-40-37-30-27-24-21-18-15-12-9-6-3)72-66(69)60-57-54-51-48-45-42-39-36-34-32-29-26-23-20-17-14-11-8-5-2/h7,10,13,16-17,19-20,22-23,25-26,28,30-31,33,35,37-38,41,44,63H,4-6,8-9,11-12,14-15,18,21,24,27,29,32,34,36,39-40,42-43,45-62H2,1-3H3/b10-7-,16-13-,20-17-,22-19-,26-23-,28-25-,33-31+,37-30-,38-35-,44-41-. The van der Waals surface area contributed by atoms with Crippen molar-refractivity contribution in [3.05, 3.63) is 122 Å². The van der Waals surface area contributed by atoms with Crippen LogP contribution >= 0.6 is 0 Å². The highest BCUT2D eigenvalue weighted by molar-refractivity contribution is 5.71. The van der Waals surface area contributed by atoms with E-state index < -0.39 is 6.10 Å². The third-order valence-electron chi connectivity index (χ3n) is 12.4. The molecule has 0 heterocycles. The summed E-state index contributed by atoms with van der Waals surface area (Å²) in [6.07, 6.45) is 81.8. The zero-order valence-corrected chi connectivity index (χ0v) is 46.7. The Labute approximate surface area is 443 Å². The molecule has 1 atom stereocenters. The van der Waals surface area contributed by atoms with Crippen LogP contribution in [0.15, 0.2) is 122 Å². The molecule has 0 aliphatic carbocycles. The van der Waals surface area contributed by atoms with Crippen LogP contribution in [0.25, 0.3) is 0 Å². The number of ether oxygens (including phenoxy) is 3. The molecule has 0 aromatic rings. The Bertz CT molecular complexity index is 1520. The smallest absolute Gasteiger partial charge is 0.306 e. The molecule has 0 aliphatic heterocycles. The van der Waals surface area contributed by atoms with Crippen LogP contribution in [0.3, 0.4) is 0 Å². The van der Waals surface area contributed by atoms with E-state index in [0.717, 1.165) is 83.5 Å². The second-order valence-corrected chi connectivity index (χ2v) is 19.4. The molecule has 0 amide bonds. The molecule has 0 aliphatic rings. The minimum absolute atomic E-state index is 0.101. The molecule has 0 aromatic carbocycles. The molecular weight excluding hydrogens is 889 g/mol. The summed E-state index contributed by atoms with van der Waals surface area (Å²) in [5.74, 6) is -0.957. The number of carbonyl (C=O) groups is 3. The minimum Gasteiger partial charge on any atom is -0.462 e. The van der Waals surface area contributed by atoms with Crippen molar-refractivity contribution in [3.8, 4) is 0 Å². The SMILES string of the molecule is CC\C=C/C=C\C=C/C=C\C=C\C=C/C=C\CCCCCC(=O)OCC(COC(=O)CCCCCCC/C=C\CCCCCCCCC)OC(=O)CCCCCCCCCCCC/C=C\C=C/CCCCC. The van der Waals surface area contributed by atoms with Gasteiger partial charge in [-0.15, -0.1) is 0 Å². The molecule has 0 spiro atoms. The number of unbranched alkanes of at least 4 members (excludes halogenated alkanes) is 28. The maximum atomic E-state index is 12.9. The Hall–Kier alpha value is -4.19. The highest BCUT2D eigenvalue weighted by Gasteiger charge is 2.19. The third kappa shape index (κ3) is 56.7. The highest BCUT2D eigenvalue weighted by atomic mass is 16.6. The number of carbonyl (C=O) groups excluding carboxylic acids is 3. The van der Waals surface area contributed by atoms with Gasteiger partial charge in [0.05, 0.1) is 0 Å². The number of allylic oxidation sites excluding steroid dienone is 20. The molecule has 0 aromatic heterocycles. The van der Waals surface area contributed by atoms with E-state index in [1.54, 1.807) is 0 Å². The first-order valence-corrected chi connectivity index (χ1v) is 29.7. The van der Waals surface area contributed by atoms with Crippen LogP contribution in [-0.2, 0) is 28.6 Å². The van der Waals surface area contributed by atoms with Crippen LogP contribution in [0.5, 0.6) is 0 Å². The van der Waals surface area contributed by atoms with Gasteiger partial charge in [-0.2, -0.15) is 0 Å². The van der Waals surface area contributed by atoms with Gasteiger partial charge in [-0.1, -0.05) is 271 Å². The topological polar surface area (TPSA) is 78.9 Å². The van der Waals surface area contributed by atoms with Crippen molar-refractivity contribution < 1.29 is 28.6 Å². The molecule has 0 bridgehead atoms. The lowest BCUT2D eigenvalue weighted by molar-refractivity contribution is -0.167. The predicted molar refractivity (Wildman–Crippen MR) is 311 cm³/mol. The monoisotopic (exact) mass is 997 g/mol. The van der Waals surface area contributed by atoms with Crippen molar-refractivity contribution in [3.63, 3.8) is 0 Å². The van der Waals surface area contributed by atoms with Gasteiger partial charge in [0.15, 0.2) is 6.10 Å². The maximum absolute atomic E-state index is 12.9. The first-order chi connectivity index (χ1) is 35.5. The summed E-state index contributed by atoms with van der Waals surface area (Å²) in [6.45, 7) is 6.42. The first kappa shape index (κ1) is 67.8. The van der Waals surface area contributed by atoms with Crippen molar-refractivity contribution in [2.45, 2.75) is 264 Å². The normalized spacial score (nSPS) is 13.0. The molecule has 0 radical (unpaired) electrons. The van der Waals surface area contributed by atoms with Crippen LogP contribution in [0.1, 0.15) is 258 Å². The molecule has 0 saturated heterocycles. The summed E-state index contributed by atoms with van der Waals surface area (Å²) in [5.41, 5.74) is 0. The van der Waals surface area contributed by atoms with Crippen LogP contribution < -0.4 is 0 Å². The zero-order valence-electron chi connectivity index (χ0n) is 46.7. The molecule has 0 saturated carbocycles. The van der Waals surface area contributed by atoms with E-state index in [2.05, 4.69) is 69.4 Å². The molecule has 72 heavy (non-hydrogen) atoms. The quantitative estimate of drug-likeness (QED) is 0.0199. The van der Waals surface area contributed by atoms with E-state index >= 15 is 0 Å². The molecule has 0 N–H and O–H groups in total. The van der Waals surface area contributed by atoms with Crippen molar-refractivity contribution in [1.82, 2.24) is 0 Å². The fourth-order valence-corrected chi connectivity index (χ4v) is 7.94. The van der Waals surface area contributed by atoms with Crippen LogP contribution in [-0.4, -0.2) is 37.2 Å². The summed E-state index contributed by atoms with van der Waals surface area (Å²) in [4.78, 5) is 38.2. The van der Waals surface area contributed by atoms with E-state index in [1.165, 1.54) is 135 Å². The largest absolute Gasteiger partial charge is 0.462 e. The molecule has 6 heteroatoms. The summed E-state index contributed by atoms with van der Waals surface area (Å²) >= 11 is 0. The van der Waals surface area contributed by atoms with Crippen LogP contribution in [0.4, 0.5) is 0 Å². The fourth-order valence-electron chi connectivity index (χ4n) is 7.94. The Kier molecular flexibility index (Phi) is 55.9. The van der Waals surface area contributed by atoms with E-state index in [9.17, 15) is 14.4 Å². The zero-order chi connectivity index (χ0) is 52.2. The third-order valence-corrected chi connectivity index (χ3v) is 12.4. The molecule has 408 valence electrons. The summed E-state index contributed by atoms with van der Waals surface area (Å²) < 4.78 is 16.9. The highest BCUT2D eigenvalue weighted by Crippen LogP contribution is 2.15. The molecular formula is C66H108O6. The summed E-state index contributed by atoms with van der Waals surface area (Å²) in [7, 11) is 0. The lowest BCUT2D eigenvalue weighted by Gasteiger charge is -2.18. The van der Waals surface area contributed by atoms with Gasteiger partial charge in [0.2, 0.25) is 0 Å². The lowest BCUT2D eigenvalue weighted by atomic mass is 10.1. The maximum Gasteiger partial charge on any atom is 0.306 e. The van der Waals surface area contributed by atoms with E-state index in [1.807, 2.05) is 72.9 Å². The van der Waals surface area contributed by atoms with Gasteiger partial charge >= 0.3 is 17.9 Å². The van der Waals surface area contributed by atoms with Gasteiger partial charge in [-0.25, -0.2) is 0 Å². The van der Waals surface area contributed by atoms with Crippen molar-refractivity contribution in [2.24, 2.45) is 0 Å². The second-order valence-electron chi connectivity index (χ2n) is 19.4.